The molecule has 0 N–H and O–H groups in total. The maximum atomic E-state index is 14.1. The molecule has 0 aliphatic carbocycles. The molecule has 0 aliphatic rings. The summed E-state index contributed by atoms with van der Waals surface area (Å²) in [4.78, 5) is 11.7. The van der Waals surface area contributed by atoms with Crippen molar-refractivity contribution in [2.75, 3.05) is 13.1 Å². The zero-order valence-corrected chi connectivity index (χ0v) is 15.8. The lowest BCUT2D eigenvalue weighted by Crippen LogP contribution is -2.31. The van der Waals surface area contributed by atoms with E-state index in [0.717, 1.165) is 27.6 Å². The lowest BCUT2D eigenvalue weighted by Gasteiger charge is -2.19. The van der Waals surface area contributed by atoms with Crippen LogP contribution in [0, 0.1) is 12.7 Å². The van der Waals surface area contributed by atoms with Crippen LogP contribution in [0.4, 0.5) is 4.39 Å². The summed E-state index contributed by atoms with van der Waals surface area (Å²) in [7, 11) is -4.01. The molecule has 0 heterocycles. The first-order valence-electron chi connectivity index (χ1n) is 8.32. The van der Waals surface area contributed by atoms with Crippen LogP contribution in [0.2, 0.25) is 0 Å². The highest BCUT2D eigenvalue weighted by Gasteiger charge is 2.26. The summed E-state index contributed by atoms with van der Waals surface area (Å²) in [5.74, 6) is -1.60. The van der Waals surface area contributed by atoms with Gasteiger partial charge in [-0.2, -0.15) is 4.31 Å². The second-order valence-corrected chi connectivity index (χ2v) is 7.70. The minimum Gasteiger partial charge on any atom is -0.457 e. The first-order valence-corrected chi connectivity index (χ1v) is 9.76. The fraction of sp³-hybridized carbons (Fsp3) is 0.316. The summed E-state index contributed by atoms with van der Waals surface area (Å²) in [5.41, 5.74) is 1.89. The molecule has 0 unspecified atom stereocenters. The number of carbonyl (C=O) groups excluding carboxylic acids is 1. The number of hydrogen-bond acceptors (Lipinski definition) is 4. The minimum atomic E-state index is -4.01. The smallest absolute Gasteiger partial charge is 0.338 e. The zero-order valence-electron chi connectivity index (χ0n) is 15.0. The van der Waals surface area contributed by atoms with Gasteiger partial charge in [0.05, 0.1) is 5.56 Å². The van der Waals surface area contributed by atoms with Crippen molar-refractivity contribution in [2.24, 2.45) is 0 Å². The molecule has 0 aromatic heterocycles. The van der Waals surface area contributed by atoms with Crippen LogP contribution in [-0.2, 0) is 21.4 Å². The largest absolute Gasteiger partial charge is 0.457 e. The van der Waals surface area contributed by atoms with Crippen LogP contribution >= 0.6 is 0 Å². The van der Waals surface area contributed by atoms with Crippen LogP contribution < -0.4 is 0 Å². The van der Waals surface area contributed by atoms with Crippen LogP contribution in [-0.4, -0.2) is 31.8 Å². The van der Waals surface area contributed by atoms with Crippen molar-refractivity contribution < 1.29 is 22.3 Å². The Balaban J connectivity index is 2.22. The minimum absolute atomic E-state index is 0.00996. The molecular formula is C19H22FNO4S. The second-order valence-electron chi connectivity index (χ2n) is 5.80. The number of carbonyl (C=O) groups is 1. The molecule has 0 atom stereocenters. The average Bonchev–Trinajstić information content (AvgIpc) is 2.62. The van der Waals surface area contributed by atoms with Crippen LogP contribution in [0.1, 0.15) is 35.3 Å². The van der Waals surface area contributed by atoms with Crippen LogP contribution in [0.25, 0.3) is 0 Å². The van der Waals surface area contributed by atoms with Gasteiger partial charge in [-0.15, -0.1) is 0 Å². The third-order valence-electron chi connectivity index (χ3n) is 3.98. The van der Waals surface area contributed by atoms with Gasteiger partial charge in [0.1, 0.15) is 17.3 Å². The van der Waals surface area contributed by atoms with Gasteiger partial charge in [0, 0.05) is 13.1 Å². The molecule has 5 nitrogen and oxygen atoms in total. The van der Waals surface area contributed by atoms with E-state index in [4.69, 9.17) is 4.74 Å². The van der Waals surface area contributed by atoms with Crippen LogP contribution in [0.5, 0.6) is 0 Å². The molecule has 0 fully saturated rings. The van der Waals surface area contributed by atoms with Crippen molar-refractivity contribution in [3.05, 3.63) is 65.0 Å². The van der Waals surface area contributed by atoms with Crippen molar-refractivity contribution in [3.8, 4) is 0 Å². The predicted octanol–water partition coefficient (Wildman–Crippen LogP) is 3.52. The van der Waals surface area contributed by atoms with Crippen LogP contribution in [0.15, 0.2) is 47.4 Å². The SMILES string of the molecule is CCN(CC)S(=O)(=O)c1cc(C(=O)OCc2ccc(C)cc2)ccc1F. The molecular weight excluding hydrogens is 357 g/mol. The first kappa shape index (κ1) is 20.1. The van der Waals surface area contributed by atoms with Crippen molar-refractivity contribution in [3.63, 3.8) is 0 Å². The van der Waals surface area contributed by atoms with Crippen molar-refractivity contribution in [2.45, 2.75) is 32.3 Å². The number of hydrogen-bond donors (Lipinski definition) is 0. The molecule has 2 rings (SSSR count). The molecule has 7 heteroatoms. The summed E-state index contributed by atoms with van der Waals surface area (Å²) in [6, 6.07) is 10.7. The molecule has 0 aliphatic heterocycles. The number of nitrogens with zero attached hydrogens (tertiary/aromatic N) is 1. The Morgan fingerprint density at radius 3 is 2.27 bits per heavy atom. The normalized spacial score (nSPS) is 11.6. The number of benzene rings is 2. The topological polar surface area (TPSA) is 63.7 Å². The van der Waals surface area contributed by atoms with E-state index in [1.807, 2.05) is 31.2 Å². The van der Waals surface area contributed by atoms with E-state index in [1.54, 1.807) is 13.8 Å². The summed E-state index contributed by atoms with van der Waals surface area (Å²) < 4.78 is 45.5. The highest BCUT2D eigenvalue weighted by Crippen LogP contribution is 2.21. The van der Waals surface area contributed by atoms with Crippen LogP contribution in [0.3, 0.4) is 0 Å². The van der Waals surface area contributed by atoms with Gasteiger partial charge in [0.15, 0.2) is 0 Å². The molecule has 2 aromatic carbocycles. The van der Waals surface area contributed by atoms with E-state index in [0.29, 0.717) is 0 Å². The quantitative estimate of drug-likeness (QED) is 0.691. The molecule has 0 amide bonds. The third-order valence-corrected chi connectivity index (χ3v) is 6.05. The standard InChI is InChI=1S/C19H22FNO4S/c1-4-21(5-2)26(23,24)18-12-16(10-11-17(18)20)19(22)25-13-15-8-6-14(3)7-9-15/h6-12H,4-5,13H2,1-3H3. The van der Waals surface area contributed by atoms with Gasteiger partial charge in [-0.1, -0.05) is 43.7 Å². The molecule has 140 valence electrons. The highest BCUT2D eigenvalue weighted by molar-refractivity contribution is 7.89. The third kappa shape index (κ3) is 4.47. The Bertz CT molecular complexity index is 875. The van der Waals surface area contributed by atoms with E-state index in [9.17, 15) is 17.6 Å². The zero-order chi connectivity index (χ0) is 19.3. The maximum absolute atomic E-state index is 14.1. The molecule has 26 heavy (non-hydrogen) atoms. The second kappa shape index (κ2) is 8.42. The molecule has 0 bridgehead atoms. The van der Waals surface area contributed by atoms with Crippen molar-refractivity contribution in [1.82, 2.24) is 4.31 Å². The van der Waals surface area contributed by atoms with E-state index in [-0.39, 0.29) is 25.3 Å². The van der Waals surface area contributed by atoms with E-state index >= 15 is 0 Å². The van der Waals surface area contributed by atoms with Crippen molar-refractivity contribution in [1.29, 1.82) is 0 Å². The van der Waals surface area contributed by atoms with Gasteiger partial charge in [-0.25, -0.2) is 17.6 Å². The van der Waals surface area contributed by atoms with Gasteiger partial charge in [-0.3, -0.25) is 0 Å². The fourth-order valence-corrected chi connectivity index (χ4v) is 4.00. The predicted molar refractivity (Wildman–Crippen MR) is 96.8 cm³/mol. The summed E-state index contributed by atoms with van der Waals surface area (Å²) in [6.45, 7) is 5.75. The number of esters is 1. The Hall–Kier alpha value is -2.25. The van der Waals surface area contributed by atoms with Gasteiger partial charge < -0.3 is 4.74 Å². The Morgan fingerprint density at radius 2 is 1.69 bits per heavy atom. The van der Waals surface area contributed by atoms with E-state index in [2.05, 4.69) is 0 Å². The summed E-state index contributed by atoms with van der Waals surface area (Å²) in [5, 5.41) is 0. The summed E-state index contributed by atoms with van der Waals surface area (Å²) in [6.07, 6.45) is 0. The van der Waals surface area contributed by atoms with Gasteiger partial charge in [0.2, 0.25) is 10.0 Å². The van der Waals surface area contributed by atoms with E-state index < -0.39 is 26.7 Å². The number of halogens is 1. The Labute approximate surface area is 153 Å². The van der Waals surface area contributed by atoms with Crippen molar-refractivity contribution >= 4 is 16.0 Å². The Kier molecular flexibility index (Phi) is 6.50. The maximum Gasteiger partial charge on any atom is 0.338 e. The monoisotopic (exact) mass is 379 g/mol. The number of ether oxygens (including phenoxy) is 1. The lowest BCUT2D eigenvalue weighted by atomic mass is 10.2. The molecule has 0 saturated heterocycles. The molecule has 0 radical (unpaired) electrons. The lowest BCUT2D eigenvalue weighted by molar-refractivity contribution is 0.0472. The molecule has 0 spiro atoms. The van der Waals surface area contributed by atoms with E-state index in [1.165, 1.54) is 6.07 Å². The Morgan fingerprint density at radius 1 is 1.08 bits per heavy atom. The number of aryl methyl sites for hydroxylation is 1. The molecule has 0 saturated carbocycles. The number of rotatable bonds is 7. The average molecular weight is 379 g/mol. The van der Waals surface area contributed by atoms with Gasteiger partial charge >= 0.3 is 5.97 Å². The van der Waals surface area contributed by atoms with Gasteiger partial charge in [0.25, 0.3) is 0 Å². The first-order chi connectivity index (χ1) is 12.3. The highest BCUT2D eigenvalue weighted by atomic mass is 32.2. The molecule has 2 aromatic rings. The summed E-state index contributed by atoms with van der Waals surface area (Å²) >= 11 is 0. The fourth-order valence-electron chi connectivity index (χ4n) is 2.45. The van der Waals surface area contributed by atoms with Gasteiger partial charge in [-0.05, 0) is 30.7 Å². The number of sulfonamides is 1.